The van der Waals surface area contributed by atoms with Crippen LogP contribution >= 0.6 is 15.9 Å². The molecular weight excluding hydrogens is 394 g/mol. The van der Waals surface area contributed by atoms with Crippen molar-refractivity contribution in [3.8, 4) is 11.3 Å². The van der Waals surface area contributed by atoms with Crippen molar-refractivity contribution >= 4 is 39.0 Å². The van der Waals surface area contributed by atoms with Gasteiger partial charge in [0.15, 0.2) is 5.82 Å². The number of rotatable bonds is 3. The lowest BCUT2D eigenvalue weighted by molar-refractivity contribution is 0.572. The highest BCUT2D eigenvalue weighted by Gasteiger charge is 2.07. The summed E-state index contributed by atoms with van der Waals surface area (Å²) in [5.41, 5.74) is 1.29. The molecule has 0 amide bonds. The second-order valence-corrected chi connectivity index (χ2v) is 6.62. The third-order valence-corrected chi connectivity index (χ3v) is 4.46. The summed E-state index contributed by atoms with van der Waals surface area (Å²) >= 11 is 3.45. The van der Waals surface area contributed by atoms with E-state index in [0.29, 0.717) is 22.5 Å². The number of para-hydroxylation sites is 1. The average Bonchev–Trinajstić information content (AvgIpc) is 3.13. The van der Waals surface area contributed by atoms with Crippen LogP contribution < -0.4 is 11.4 Å². The highest BCUT2D eigenvalue weighted by atomic mass is 79.9. The Bertz CT molecular complexity index is 1190. The molecule has 6 heteroatoms. The van der Waals surface area contributed by atoms with Gasteiger partial charge in [0.25, 0.3) is 5.56 Å². The second kappa shape index (κ2) is 6.65. The van der Waals surface area contributed by atoms with E-state index in [0.717, 1.165) is 20.5 Å². The van der Waals surface area contributed by atoms with Crippen LogP contribution in [0.4, 0.5) is 0 Å². The number of aromatic nitrogens is 2. The zero-order valence-electron chi connectivity index (χ0n) is 13.6. The van der Waals surface area contributed by atoms with Crippen LogP contribution in [-0.4, -0.2) is 9.66 Å². The van der Waals surface area contributed by atoms with Crippen molar-refractivity contribution in [1.82, 2.24) is 9.66 Å². The number of halogens is 1. The van der Waals surface area contributed by atoms with Gasteiger partial charge in [0, 0.05) is 10.0 Å². The van der Waals surface area contributed by atoms with Gasteiger partial charge in [-0.1, -0.05) is 40.2 Å². The molecule has 0 fully saturated rings. The van der Waals surface area contributed by atoms with E-state index in [1.807, 2.05) is 42.5 Å². The number of nitrogen functional groups attached to an aromatic ring is 1. The van der Waals surface area contributed by atoms with Crippen molar-refractivity contribution in [3.05, 3.63) is 87.1 Å². The highest BCUT2D eigenvalue weighted by molar-refractivity contribution is 9.10. The molecule has 4 aromatic rings. The lowest BCUT2D eigenvalue weighted by atomic mass is 10.2. The summed E-state index contributed by atoms with van der Waals surface area (Å²) in [6, 6.07) is 18.7. The van der Waals surface area contributed by atoms with Gasteiger partial charge >= 0.3 is 0 Å². The summed E-state index contributed by atoms with van der Waals surface area (Å²) in [7, 11) is 0. The fraction of sp³-hybridized carbons (Fsp3) is 0. The Kier molecular flexibility index (Phi) is 4.18. The molecule has 0 atom stereocenters. The Morgan fingerprint density at radius 1 is 1.04 bits per heavy atom. The molecule has 0 radical (unpaired) electrons. The smallest absolute Gasteiger partial charge is 0.280 e. The molecular formula is C20H14BrN3O2. The molecule has 2 aromatic heterocycles. The Morgan fingerprint density at radius 2 is 1.88 bits per heavy atom. The average molecular weight is 408 g/mol. The van der Waals surface area contributed by atoms with Crippen molar-refractivity contribution in [1.29, 1.82) is 0 Å². The lowest BCUT2D eigenvalue weighted by Gasteiger charge is -2.04. The molecule has 128 valence electrons. The largest absolute Gasteiger partial charge is 0.457 e. The van der Waals surface area contributed by atoms with Gasteiger partial charge in [0.2, 0.25) is 0 Å². The van der Waals surface area contributed by atoms with E-state index in [9.17, 15) is 4.79 Å². The normalized spacial score (nSPS) is 11.4. The first-order valence-corrected chi connectivity index (χ1v) is 8.72. The molecule has 0 bridgehead atoms. The third kappa shape index (κ3) is 3.07. The number of hydrogen-bond acceptors (Lipinski definition) is 4. The predicted molar refractivity (Wildman–Crippen MR) is 107 cm³/mol. The van der Waals surface area contributed by atoms with Crippen LogP contribution in [0.1, 0.15) is 11.6 Å². The summed E-state index contributed by atoms with van der Waals surface area (Å²) in [4.78, 5) is 16.7. The van der Waals surface area contributed by atoms with Crippen molar-refractivity contribution in [3.63, 3.8) is 0 Å². The fourth-order valence-electron chi connectivity index (χ4n) is 2.68. The standard InChI is InChI=1S/C20H14BrN3O2/c21-14-5-3-4-13(12-14)18-10-8-15(26-18)9-11-19-23-17-7-2-1-6-16(17)20(25)24(19)22/h1-12H,22H2/b11-9+. The monoisotopic (exact) mass is 407 g/mol. The molecule has 0 aliphatic heterocycles. The minimum absolute atomic E-state index is 0.287. The van der Waals surface area contributed by atoms with Gasteiger partial charge in [0.05, 0.1) is 10.9 Å². The first-order chi connectivity index (χ1) is 12.6. The van der Waals surface area contributed by atoms with Crippen LogP contribution in [-0.2, 0) is 0 Å². The molecule has 2 aromatic carbocycles. The van der Waals surface area contributed by atoms with Crippen molar-refractivity contribution < 1.29 is 4.42 Å². The van der Waals surface area contributed by atoms with Gasteiger partial charge < -0.3 is 10.3 Å². The van der Waals surface area contributed by atoms with E-state index in [-0.39, 0.29) is 5.56 Å². The van der Waals surface area contributed by atoms with Gasteiger partial charge in [0.1, 0.15) is 11.5 Å². The summed E-state index contributed by atoms with van der Waals surface area (Å²) in [5.74, 6) is 7.63. The summed E-state index contributed by atoms with van der Waals surface area (Å²) in [5, 5.41) is 0.488. The topological polar surface area (TPSA) is 74.1 Å². The van der Waals surface area contributed by atoms with Crippen molar-refractivity contribution in [2.24, 2.45) is 0 Å². The first-order valence-electron chi connectivity index (χ1n) is 7.92. The summed E-state index contributed by atoms with van der Waals surface area (Å²) in [6.45, 7) is 0. The van der Waals surface area contributed by atoms with Gasteiger partial charge in [-0.3, -0.25) is 4.79 Å². The molecule has 0 aliphatic carbocycles. The molecule has 0 unspecified atom stereocenters. The Morgan fingerprint density at radius 3 is 2.73 bits per heavy atom. The maximum atomic E-state index is 12.3. The number of benzene rings is 2. The van der Waals surface area contributed by atoms with E-state index in [4.69, 9.17) is 10.3 Å². The third-order valence-electron chi connectivity index (χ3n) is 3.97. The molecule has 26 heavy (non-hydrogen) atoms. The fourth-order valence-corrected chi connectivity index (χ4v) is 3.08. The maximum Gasteiger partial charge on any atom is 0.280 e. The molecule has 4 rings (SSSR count). The molecule has 0 saturated carbocycles. The quantitative estimate of drug-likeness (QED) is 0.513. The van der Waals surface area contributed by atoms with E-state index in [2.05, 4.69) is 20.9 Å². The molecule has 2 N–H and O–H groups in total. The summed E-state index contributed by atoms with van der Waals surface area (Å²) in [6.07, 6.45) is 3.40. The van der Waals surface area contributed by atoms with E-state index in [1.54, 1.807) is 30.4 Å². The number of furan rings is 1. The van der Waals surface area contributed by atoms with Crippen LogP contribution in [0.5, 0.6) is 0 Å². The zero-order chi connectivity index (χ0) is 18.1. The van der Waals surface area contributed by atoms with Crippen molar-refractivity contribution in [2.75, 3.05) is 5.84 Å². The first kappa shape index (κ1) is 16.4. The molecule has 0 saturated heterocycles. The maximum absolute atomic E-state index is 12.3. The van der Waals surface area contributed by atoms with Crippen LogP contribution in [0.25, 0.3) is 34.4 Å². The zero-order valence-corrected chi connectivity index (χ0v) is 15.2. The van der Waals surface area contributed by atoms with Gasteiger partial charge in [-0.15, -0.1) is 0 Å². The van der Waals surface area contributed by atoms with E-state index >= 15 is 0 Å². The van der Waals surface area contributed by atoms with Crippen LogP contribution in [0.2, 0.25) is 0 Å². The van der Waals surface area contributed by atoms with Crippen LogP contribution in [0.3, 0.4) is 0 Å². The SMILES string of the molecule is Nn1c(/C=C/c2ccc(-c3cccc(Br)c3)o2)nc2ccccc2c1=O. The van der Waals surface area contributed by atoms with E-state index in [1.165, 1.54) is 0 Å². The highest BCUT2D eigenvalue weighted by Crippen LogP contribution is 2.25. The molecule has 2 heterocycles. The van der Waals surface area contributed by atoms with E-state index < -0.39 is 0 Å². The van der Waals surface area contributed by atoms with Crippen LogP contribution in [0, 0.1) is 0 Å². The van der Waals surface area contributed by atoms with Gasteiger partial charge in [-0.2, -0.15) is 0 Å². The minimum atomic E-state index is -0.287. The molecule has 0 spiro atoms. The second-order valence-electron chi connectivity index (χ2n) is 5.71. The number of nitrogens with zero attached hydrogens (tertiary/aromatic N) is 2. The lowest BCUT2D eigenvalue weighted by Crippen LogP contribution is -2.30. The van der Waals surface area contributed by atoms with Crippen LogP contribution in [0.15, 0.2) is 74.3 Å². The molecule has 5 nitrogen and oxygen atoms in total. The number of hydrogen-bond donors (Lipinski definition) is 1. The predicted octanol–water partition coefficient (Wildman–Crippen LogP) is 4.30. The Hall–Kier alpha value is -3.12. The van der Waals surface area contributed by atoms with Gasteiger partial charge in [-0.25, -0.2) is 9.66 Å². The van der Waals surface area contributed by atoms with Crippen molar-refractivity contribution in [2.45, 2.75) is 0 Å². The van der Waals surface area contributed by atoms with Gasteiger partial charge in [-0.05, 0) is 48.6 Å². The molecule has 0 aliphatic rings. The number of nitrogens with two attached hydrogens (primary N) is 1. The minimum Gasteiger partial charge on any atom is -0.457 e. The Balaban J connectivity index is 1.68. The number of fused-ring (bicyclic) bond motifs is 1. The Labute approximate surface area is 157 Å². The summed E-state index contributed by atoms with van der Waals surface area (Å²) < 4.78 is 7.86.